The van der Waals surface area contributed by atoms with E-state index in [-0.39, 0.29) is 5.91 Å². The summed E-state index contributed by atoms with van der Waals surface area (Å²) in [4.78, 5) is 18.9. The van der Waals surface area contributed by atoms with Crippen LogP contribution in [0.25, 0.3) is 0 Å². The van der Waals surface area contributed by atoms with Gasteiger partial charge in [-0.25, -0.2) is 0 Å². The van der Waals surface area contributed by atoms with Gasteiger partial charge in [0, 0.05) is 32.0 Å². The van der Waals surface area contributed by atoms with E-state index in [4.69, 9.17) is 0 Å². The molecule has 0 saturated heterocycles. The first-order chi connectivity index (χ1) is 10.7. The van der Waals surface area contributed by atoms with Crippen LogP contribution in [0.15, 0.2) is 30.6 Å². The van der Waals surface area contributed by atoms with Crippen LogP contribution in [0.1, 0.15) is 47.9 Å². The topological polar surface area (TPSA) is 51.0 Å². The maximum absolute atomic E-state index is 12.9. The van der Waals surface area contributed by atoms with Gasteiger partial charge in [0.2, 0.25) is 0 Å². The number of nitrogens with zero attached hydrogens (tertiary/aromatic N) is 4. The summed E-state index contributed by atoms with van der Waals surface area (Å²) in [6.45, 7) is 2.76. The van der Waals surface area contributed by atoms with E-state index in [0.717, 1.165) is 36.9 Å². The Kier molecular flexibility index (Phi) is 4.22. The third-order valence-electron chi connectivity index (χ3n) is 4.01. The monoisotopic (exact) mass is 298 g/mol. The number of rotatable bonds is 6. The lowest BCUT2D eigenvalue weighted by Gasteiger charge is -2.22. The largest absolute Gasteiger partial charge is 0.330 e. The molecule has 0 aliphatic heterocycles. The molecule has 2 heterocycles. The van der Waals surface area contributed by atoms with Gasteiger partial charge >= 0.3 is 0 Å². The molecule has 5 nitrogen and oxygen atoms in total. The molecule has 5 heteroatoms. The first-order valence-electron chi connectivity index (χ1n) is 7.92. The van der Waals surface area contributed by atoms with Crippen molar-refractivity contribution in [3.63, 3.8) is 0 Å². The van der Waals surface area contributed by atoms with Crippen molar-refractivity contribution >= 4 is 5.91 Å². The SMILES string of the molecule is CCCc1cc(C(=O)N(Cc2ccncc2)C2CC2)n(C)n1. The fraction of sp³-hybridized carbons (Fsp3) is 0.471. The molecule has 0 N–H and O–H groups in total. The molecule has 3 rings (SSSR count). The average molecular weight is 298 g/mol. The van der Waals surface area contributed by atoms with E-state index >= 15 is 0 Å². The van der Waals surface area contributed by atoms with Gasteiger partial charge in [-0.05, 0) is 43.0 Å². The molecular formula is C17H22N4O. The Balaban J connectivity index is 1.81. The normalized spacial score (nSPS) is 14.1. The van der Waals surface area contributed by atoms with Gasteiger partial charge in [0.15, 0.2) is 0 Å². The lowest BCUT2D eigenvalue weighted by Crippen LogP contribution is -2.33. The number of carbonyl (C=O) groups is 1. The maximum atomic E-state index is 12.9. The predicted octanol–water partition coefficient (Wildman–Crippen LogP) is 2.57. The summed E-state index contributed by atoms with van der Waals surface area (Å²) < 4.78 is 1.72. The summed E-state index contributed by atoms with van der Waals surface area (Å²) in [7, 11) is 1.85. The summed E-state index contributed by atoms with van der Waals surface area (Å²) >= 11 is 0. The fourth-order valence-electron chi connectivity index (χ4n) is 2.69. The lowest BCUT2D eigenvalue weighted by molar-refractivity contribution is 0.0718. The minimum absolute atomic E-state index is 0.0802. The zero-order valence-corrected chi connectivity index (χ0v) is 13.2. The molecule has 2 aromatic rings. The van der Waals surface area contributed by atoms with Crippen LogP contribution in [0.4, 0.5) is 0 Å². The van der Waals surface area contributed by atoms with E-state index < -0.39 is 0 Å². The summed E-state index contributed by atoms with van der Waals surface area (Å²) in [6, 6.07) is 6.24. The molecular weight excluding hydrogens is 276 g/mol. The van der Waals surface area contributed by atoms with Gasteiger partial charge in [-0.15, -0.1) is 0 Å². The Labute approximate surface area is 131 Å². The summed E-state index contributed by atoms with van der Waals surface area (Å²) in [5, 5.41) is 4.45. The van der Waals surface area contributed by atoms with Gasteiger partial charge in [0.25, 0.3) is 5.91 Å². The second-order valence-electron chi connectivity index (χ2n) is 5.91. The highest BCUT2D eigenvalue weighted by Crippen LogP contribution is 2.29. The zero-order valence-electron chi connectivity index (χ0n) is 13.2. The fourth-order valence-corrected chi connectivity index (χ4v) is 2.69. The molecule has 1 saturated carbocycles. The lowest BCUT2D eigenvalue weighted by atomic mass is 10.2. The molecule has 0 atom stereocenters. The summed E-state index contributed by atoms with van der Waals surface area (Å²) in [6.07, 6.45) is 7.68. The number of pyridine rings is 1. The highest BCUT2D eigenvalue weighted by Gasteiger charge is 2.34. The predicted molar refractivity (Wildman–Crippen MR) is 84.3 cm³/mol. The van der Waals surface area contributed by atoms with Crippen molar-refractivity contribution in [2.75, 3.05) is 0 Å². The third kappa shape index (κ3) is 3.18. The van der Waals surface area contributed by atoms with E-state index in [1.54, 1.807) is 17.1 Å². The number of hydrogen-bond donors (Lipinski definition) is 0. The third-order valence-corrected chi connectivity index (χ3v) is 4.01. The summed E-state index contributed by atoms with van der Waals surface area (Å²) in [5.74, 6) is 0.0802. The van der Waals surface area contributed by atoms with Crippen LogP contribution in [-0.4, -0.2) is 31.6 Å². The molecule has 1 amide bonds. The van der Waals surface area contributed by atoms with E-state index in [2.05, 4.69) is 17.0 Å². The molecule has 1 fully saturated rings. The quantitative estimate of drug-likeness (QED) is 0.823. The number of aryl methyl sites for hydroxylation is 2. The molecule has 2 aromatic heterocycles. The van der Waals surface area contributed by atoms with Crippen LogP contribution in [0.2, 0.25) is 0 Å². The minimum Gasteiger partial charge on any atom is -0.330 e. The van der Waals surface area contributed by atoms with Gasteiger partial charge < -0.3 is 4.90 Å². The first kappa shape index (κ1) is 14.8. The van der Waals surface area contributed by atoms with Gasteiger partial charge in [-0.2, -0.15) is 5.10 Å². The van der Waals surface area contributed by atoms with Gasteiger partial charge in [-0.1, -0.05) is 13.3 Å². The van der Waals surface area contributed by atoms with Crippen molar-refractivity contribution in [2.45, 2.75) is 45.2 Å². The van der Waals surface area contributed by atoms with Crippen LogP contribution < -0.4 is 0 Å². The highest BCUT2D eigenvalue weighted by molar-refractivity contribution is 5.93. The molecule has 1 aliphatic rings. The van der Waals surface area contributed by atoms with Gasteiger partial charge in [0.1, 0.15) is 5.69 Å². The van der Waals surface area contributed by atoms with E-state index in [1.165, 1.54) is 0 Å². The van der Waals surface area contributed by atoms with Crippen LogP contribution in [0.3, 0.4) is 0 Å². The van der Waals surface area contributed by atoms with Gasteiger partial charge in [0.05, 0.1) is 5.69 Å². The second-order valence-corrected chi connectivity index (χ2v) is 5.91. The Hall–Kier alpha value is -2.17. The molecule has 0 spiro atoms. The van der Waals surface area contributed by atoms with Crippen LogP contribution in [0, 0.1) is 0 Å². The Morgan fingerprint density at radius 1 is 1.36 bits per heavy atom. The molecule has 0 unspecified atom stereocenters. The first-order valence-corrected chi connectivity index (χ1v) is 7.92. The van der Waals surface area contributed by atoms with Crippen molar-refractivity contribution < 1.29 is 4.79 Å². The average Bonchev–Trinajstić information content (AvgIpc) is 3.29. The molecule has 0 bridgehead atoms. The van der Waals surface area contributed by atoms with Crippen molar-refractivity contribution in [3.8, 4) is 0 Å². The van der Waals surface area contributed by atoms with E-state index in [0.29, 0.717) is 18.3 Å². The molecule has 0 radical (unpaired) electrons. The number of amides is 1. The Morgan fingerprint density at radius 3 is 2.73 bits per heavy atom. The number of aromatic nitrogens is 3. The Morgan fingerprint density at radius 2 is 2.09 bits per heavy atom. The van der Waals surface area contributed by atoms with Crippen LogP contribution >= 0.6 is 0 Å². The number of hydrogen-bond acceptors (Lipinski definition) is 3. The maximum Gasteiger partial charge on any atom is 0.272 e. The minimum atomic E-state index is 0.0802. The standard InChI is InChI=1S/C17H22N4O/c1-3-4-14-11-16(20(2)19-14)17(22)21(15-5-6-15)12-13-7-9-18-10-8-13/h7-11,15H,3-6,12H2,1-2H3. The molecule has 116 valence electrons. The van der Waals surface area contributed by atoms with Crippen molar-refractivity contribution in [1.82, 2.24) is 19.7 Å². The molecule has 22 heavy (non-hydrogen) atoms. The van der Waals surface area contributed by atoms with Crippen LogP contribution in [-0.2, 0) is 20.0 Å². The summed E-state index contributed by atoms with van der Waals surface area (Å²) in [5.41, 5.74) is 2.80. The van der Waals surface area contributed by atoms with Crippen LogP contribution in [0.5, 0.6) is 0 Å². The molecule has 1 aliphatic carbocycles. The Bertz CT molecular complexity index is 646. The van der Waals surface area contributed by atoms with Crippen molar-refractivity contribution in [3.05, 3.63) is 47.5 Å². The van der Waals surface area contributed by atoms with E-state index in [1.807, 2.05) is 30.1 Å². The van der Waals surface area contributed by atoms with Crippen molar-refractivity contribution in [2.24, 2.45) is 7.05 Å². The number of carbonyl (C=O) groups excluding carboxylic acids is 1. The second kappa shape index (κ2) is 6.30. The van der Waals surface area contributed by atoms with Crippen molar-refractivity contribution in [1.29, 1.82) is 0 Å². The smallest absolute Gasteiger partial charge is 0.272 e. The van der Waals surface area contributed by atoms with E-state index in [9.17, 15) is 4.79 Å². The highest BCUT2D eigenvalue weighted by atomic mass is 16.2. The zero-order chi connectivity index (χ0) is 15.5. The molecule has 0 aromatic carbocycles. The van der Waals surface area contributed by atoms with Gasteiger partial charge in [-0.3, -0.25) is 14.5 Å².